The molecular weight excluding hydrogens is 306 g/mol. The van der Waals surface area contributed by atoms with Crippen molar-refractivity contribution in [3.63, 3.8) is 0 Å². The summed E-state index contributed by atoms with van der Waals surface area (Å²) in [4.78, 5) is 13.1. The normalized spacial score (nSPS) is 11.4. The van der Waals surface area contributed by atoms with Crippen molar-refractivity contribution in [3.05, 3.63) is 51.2 Å². The van der Waals surface area contributed by atoms with E-state index in [0.717, 1.165) is 33.8 Å². The molecule has 0 bridgehead atoms. The van der Waals surface area contributed by atoms with Crippen molar-refractivity contribution in [2.24, 2.45) is 5.10 Å². The Morgan fingerprint density at radius 3 is 2.48 bits per heavy atom. The van der Waals surface area contributed by atoms with Gasteiger partial charge in [0, 0.05) is 5.69 Å². The van der Waals surface area contributed by atoms with E-state index < -0.39 is 0 Å². The van der Waals surface area contributed by atoms with E-state index in [2.05, 4.69) is 34.9 Å². The molecule has 1 aromatic carbocycles. The van der Waals surface area contributed by atoms with Crippen molar-refractivity contribution in [2.75, 3.05) is 11.9 Å². The zero-order valence-corrected chi connectivity index (χ0v) is 14.9. The first kappa shape index (κ1) is 17.2. The van der Waals surface area contributed by atoms with Gasteiger partial charge in [0.2, 0.25) is 0 Å². The maximum absolute atomic E-state index is 12.0. The Kier molecular flexibility index (Phi) is 5.93. The molecule has 2 rings (SSSR count). The lowest BCUT2D eigenvalue weighted by molar-refractivity contribution is -0.119. The van der Waals surface area contributed by atoms with E-state index in [0.29, 0.717) is 0 Å². The van der Waals surface area contributed by atoms with E-state index in [4.69, 9.17) is 0 Å². The van der Waals surface area contributed by atoms with Gasteiger partial charge >= 0.3 is 0 Å². The number of hydrogen-bond acceptors (Lipinski definition) is 4. The molecule has 1 aromatic heterocycles. The average Bonchev–Trinajstić information content (AvgIpc) is 3.01. The highest BCUT2D eigenvalue weighted by molar-refractivity contribution is 7.12. The van der Waals surface area contributed by atoms with Crippen LogP contribution < -0.4 is 10.7 Å². The number of carbonyl (C=O) groups excluding carboxylic acids is 1. The summed E-state index contributed by atoms with van der Waals surface area (Å²) >= 11 is 1.63. The van der Waals surface area contributed by atoms with Crippen LogP contribution >= 0.6 is 11.3 Å². The lowest BCUT2D eigenvalue weighted by atomic mass is 10.1. The molecule has 0 fully saturated rings. The molecule has 0 unspecified atom stereocenters. The summed E-state index contributed by atoms with van der Waals surface area (Å²) in [6.45, 7) is 8.40. The third-order valence-electron chi connectivity index (χ3n) is 3.56. The molecule has 0 atom stereocenters. The Hall–Kier alpha value is -2.14. The predicted molar refractivity (Wildman–Crippen MR) is 98.4 cm³/mol. The molecule has 5 heteroatoms. The second-order valence-corrected chi connectivity index (χ2v) is 6.50. The molecule has 23 heavy (non-hydrogen) atoms. The van der Waals surface area contributed by atoms with Crippen molar-refractivity contribution >= 4 is 28.6 Å². The summed E-state index contributed by atoms with van der Waals surface area (Å²) in [5, 5.41) is 9.46. The van der Waals surface area contributed by atoms with Crippen molar-refractivity contribution in [1.82, 2.24) is 5.43 Å². The number of rotatable bonds is 6. The average molecular weight is 329 g/mol. The molecule has 2 N–H and O–H groups in total. The molecule has 0 saturated carbocycles. The number of amides is 1. The van der Waals surface area contributed by atoms with E-state index >= 15 is 0 Å². The highest BCUT2D eigenvalue weighted by atomic mass is 32.1. The number of nitrogens with zero attached hydrogens (tertiary/aromatic N) is 1. The SMILES string of the molecule is CC/C(=N/NC(=O)CNc1c(C)cc(C)cc1C)c1cccs1. The molecule has 0 aliphatic carbocycles. The third-order valence-corrected chi connectivity index (χ3v) is 4.48. The van der Waals surface area contributed by atoms with Crippen LogP contribution in [0.4, 0.5) is 5.69 Å². The van der Waals surface area contributed by atoms with Crippen LogP contribution in [0, 0.1) is 20.8 Å². The Labute approximate surface area is 141 Å². The number of carbonyl (C=O) groups is 1. The zero-order valence-electron chi connectivity index (χ0n) is 14.1. The summed E-state index contributed by atoms with van der Waals surface area (Å²) in [5.41, 5.74) is 8.07. The number of anilines is 1. The maximum Gasteiger partial charge on any atom is 0.259 e. The van der Waals surface area contributed by atoms with E-state index in [1.165, 1.54) is 5.56 Å². The Morgan fingerprint density at radius 1 is 1.22 bits per heavy atom. The summed E-state index contributed by atoms with van der Waals surface area (Å²) in [7, 11) is 0. The molecule has 122 valence electrons. The molecule has 1 heterocycles. The summed E-state index contributed by atoms with van der Waals surface area (Å²) in [6, 6.07) is 8.21. The van der Waals surface area contributed by atoms with Gasteiger partial charge in [-0.15, -0.1) is 11.3 Å². The Bertz CT molecular complexity index is 682. The van der Waals surface area contributed by atoms with Crippen LogP contribution in [-0.2, 0) is 4.79 Å². The highest BCUT2D eigenvalue weighted by Gasteiger charge is 2.07. The van der Waals surface area contributed by atoms with Crippen LogP contribution in [0.2, 0.25) is 0 Å². The van der Waals surface area contributed by atoms with Gasteiger partial charge in [-0.05, 0) is 49.8 Å². The van der Waals surface area contributed by atoms with Crippen molar-refractivity contribution in [1.29, 1.82) is 0 Å². The second kappa shape index (κ2) is 7.92. The zero-order chi connectivity index (χ0) is 16.8. The lowest BCUT2D eigenvalue weighted by Crippen LogP contribution is -2.27. The minimum Gasteiger partial charge on any atom is -0.376 e. The highest BCUT2D eigenvalue weighted by Crippen LogP contribution is 2.21. The Balaban J connectivity index is 1.96. The minimum atomic E-state index is -0.146. The van der Waals surface area contributed by atoms with Gasteiger partial charge in [0.15, 0.2) is 0 Å². The number of aryl methyl sites for hydroxylation is 3. The van der Waals surface area contributed by atoms with Crippen molar-refractivity contribution in [3.8, 4) is 0 Å². The van der Waals surface area contributed by atoms with Crippen molar-refractivity contribution in [2.45, 2.75) is 34.1 Å². The van der Waals surface area contributed by atoms with Gasteiger partial charge in [-0.3, -0.25) is 4.79 Å². The fraction of sp³-hybridized carbons (Fsp3) is 0.333. The van der Waals surface area contributed by atoms with Crippen LogP contribution in [0.15, 0.2) is 34.7 Å². The minimum absolute atomic E-state index is 0.146. The third kappa shape index (κ3) is 4.66. The number of nitrogens with one attached hydrogen (secondary N) is 2. The molecule has 0 radical (unpaired) electrons. The van der Waals surface area contributed by atoms with Crippen LogP contribution in [0.5, 0.6) is 0 Å². The molecule has 2 aromatic rings. The van der Waals surface area contributed by atoms with Gasteiger partial charge in [-0.1, -0.05) is 30.7 Å². The monoisotopic (exact) mass is 329 g/mol. The fourth-order valence-corrected chi connectivity index (χ4v) is 3.33. The molecule has 0 spiro atoms. The largest absolute Gasteiger partial charge is 0.376 e. The van der Waals surface area contributed by atoms with Gasteiger partial charge in [0.25, 0.3) is 5.91 Å². The fourth-order valence-electron chi connectivity index (χ4n) is 2.55. The first-order valence-corrected chi connectivity index (χ1v) is 8.60. The lowest BCUT2D eigenvalue weighted by Gasteiger charge is -2.13. The first-order chi connectivity index (χ1) is 11.0. The van der Waals surface area contributed by atoms with Crippen LogP contribution in [0.3, 0.4) is 0 Å². The van der Waals surface area contributed by atoms with Crippen LogP contribution in [-0.4, -0.2) is 18.2 Å². The van der Waals surface area contributed by atoms with Gasteiger partial charge < -0.3 is 5.32 Å². The molecule has 0 saturated heterocycles. The van der Waals surface area contributed by atoms with Gasteiger partial charge in [0.05, 0.1) is 17.1 Å². The number of hydrazone groups is 1. The maximum atomic E-state index is 12.0. The summed E-state index contributed by atoms with van der Waals surface area (Å²) < 4.78 is 0. The quantitative estimate of drug-likeness (QED) is 0.621. The Morgan fingerprint density at radius 2 is 1.91 bits per heavy atom. The molecule has 4 nitrogen and oxygen atoms in total. The van der Waals surface area contributed by atoms with Gasteiger partial charge in [0.1, 0.15) is 0 Å². The second-order valence-electron chi connectivity index (χ2n) is 5.55. The molecule has 1 amide bonds. The summed E-state index contributed by atoms with van der Waals surface area (Å²) in [6.07, 6.45) is 0.782. The van der Waals surface area contributed by atoms with Crippen LogP contribution in [0.1, 0.15) is 34.9 Å². The van der Waals surface area contributed by atoms with Gasteiger partial charge in [-0.25, -0.2) is 5.43 Å². The van der Waals surface area contributed by atoms with E-state index in [1.54, 1.807) is 11.3 Å². The number of benzene rings is 1. The van der Waals surface area contributed by atoms with E-state index in [1.807, 2.05) is 38.3 Å². The topological polar surface area (TPSA) is 53.5 Å². The first-order valence-electron chi connectivity index (χ1n) is 7.72. The smallest absolute Gasteiger partial charge is 0.259 e. The van der Waals surface area contributed by atoms with E-state index in [-0.39, 0.29) is 12.5 Å². The number of thiophene rings is 1. The number of hydrogen-bond donors (Lipinski definition) is 2. The predicted octanol–water partition coefficient (Wildman–Crippen LogP) is 4.02. The van der Waals surface area contributed by atoms with Crippen molar-refractivity contribution < 1.29 is 4.79 Å². The molecule has 0 aliphatic heterocycles. The van der Waals surface area contributed by atoms with Gasteiger partial charge in [-0.2, -0.15) is 5.10 Å². The van der Waals surface area contributed by atoms with E-state index in [9.17, 15) is 4.79 Å². The molecule has 0 aliphatic rings. The summed E-state index contributed by atoms with van der Waals surface area (Å²) in [5.74, 6) is -0.146. The standard InChI is InChI=1S/C18H23N3OS/c1-5-15(16-7-6-8-23-16)20-21-17(22)11-19-18-13(3)9-12(2)10-14(18)4/h6-10,19H,5,11H2,1-4H3,(H,21,22)/b20-15-. The van der Waals surface area contributed by atoms with Crippen LogP contribution in [0.25, 0.3) is 0 Å². The molecular formula is C18H23N3OS.